The number of hydrogen-bond acceptors (Lipinski definition) is 5. The standard InChI is InChI=1S/C18H28N6O/c1-13(2)11-15(25)23-8-5-14(12-23)16-17-18(20-7-6-19-17)24(21-16)10-9-22(3)4/h6-7,13-14H,5,8-12H2,1-4H3. The number of rotatable bonds is 6. The molecule has 136 valence electrons. The van der Waals surface area contributed by atoms with Crippen molar-refractivity contribution in [3.8, 4) is 0 Å². The van der Waals surface area contributed by atoms with Gasteiger partial charge in [0.2, 0.25) is 5.91 Å². The van der Waals surface area contributed by atoms with Gasteiger partial charge in [0.05, 0.1) is 12.2 Å². The minimum absolute atomic E-state index is 0.246. The molecule has 1 aliphatic heterocycles. The van der Waals surface area contributed by atoms with Crippen LogP contribution in [0.15, 0.2) is 12.4 Å². The van der Waals surface area contributed by atoms with Crippen LogP contribution in [-0.4, -0.2) is 69.2 Å². The Hall–Kier alpha value is -2.02. The molecule has 3 heterocycles. The van der Waals surface area contributed by atoms with Crippen LogP contribution in [0.25, 0.3) is 11.2 Å². The Bertz CT molecular complexity index is 738. The van der Waals surface area contributed by atoms with Crippen LogP contribution in [0.4, 0.5) is 0 Å². The molecule has 0 aliphatic carbocycles. The van der Waals surface area contributed by atoms with Crippen LogP contribution in [0, 0.1) is 5.92 Å². The zero-order valence-electron chi connectivity index (χ0n) is 15.6. The van der Waals surface area contributed by atoms with Crippen LogP contribution in [0.1, 0.15) is 38.3 Å². The molecule has 0 bridgehead atoms. The van der Waals surface area contributed by atoms with E-state index >= 15 is 0 Å². The maximum absolute atomic E-state index is 12.3. The molecular formula is C18H28N6O. The van der Waals surface area contributed by atoms with E-state index in [2.05, 4.69) is 28.7 Å². The van der Waals surface area contributed by atoms with E-state index in [0.717, 1.165) is 49.5 Å². The van der Waals surface area contributed by atoms with Crippen LogP contribution in [0.3, 0.4) is 0 Å². The van der Waals surface area contributed by atoms with E-state index < -0.39 is 0 Å². The maximum atomic E-state index is 12.3. The van der Waals surface area contributed by atoms with Crippen molar-refractivity contribution >= 4 is 17.1 Å². The number of nitrogens with zero attached hydrogens (tertiary/aromatic N) is 6. The molecule has 1 atom stereocenters. The van der Waals surface area contributed by atoms with Gasteiger partial charge >= 0.3 is 0 Å². The van der Waals surface area contributed by atoms with Crippen molar-refractivity contribution < 1.29 is 4.79 Å². The molecule has 1 unspecified atom stereocenters. The zero-order chi connectivity index (χ0) is 18.0. The molecule has 7 nitrogen and oxygen atoms in total. The number of carbonyl (C=O) groups is 1. The van der Waals surface area contributed by atoms with Gasteiger partial charge in [0.1, 0.15) is 5.52 Å². The summed E-state index contributed by atoms with van der Waals surface area (Å²) in [5.74, 6) is 0.888. The summed E-state index contributed by atoms with van der Waals surface area (Å²) in [4.78, 5) is 25.5. The fraction of sp³-hybridized carbons (Fsp3) is 0.667. The minimum atomic E-state index is 0.246. The van der Waals surface area contributed by atoms with Gasteiger partial charge in [-0.2, -0.15) is 5.10 Å². The molecule has 3 rings (SSSR count). The Morgan fingerprint density at radius 2 is 2.08 bits per heavy atom. The van der Waals surface area contributed by atoms with E-state index in [1.807, 2.05) is 23.7 Å². The number of amides is 1. The summed E-state index contributed by atoms with van der Waals surface area (Å²) in [6.45, 7) is 7.40. The summed E-state index contributed by atoms with van der Waals surface area (Å²) in [6.07, 6.45) is 5.00. The number of likely N-dealkylation sites (tertiary alicyclic amines) is 1. The normalized spacial score (nSPS) is 18.0. The van der Waals surface area contributed by atoms with Crippen molar-refractivity contribution in [2.75, 3.05) is 33.7 Å². The highest BCUT2D eigenvalue weighted by Gasteiger charge is 2.31. The highest BCUT2D eigenvalue weighted by Crippen LogP contribution is 2.30. The lowest BCUT2D eigenvalue weighted by Gasteiger charge is -2.17. The first-order chi connectivity index (χ1) is 12.0. The van der Waals surface area contributed by atoms with Crippen molar-refractivity contribution in [3.05, 3.63) is 18.1 Å². The Kier molecular flexibility index (Phi) is 5.32. The Morgan fingerprint density at radius 1 is 1.32 bits per heavy atom. The van der Waals surface area contributed by atoms with Gasteiger partial charge in [-0.25, -0.2) is 14.6 Å². The van der Waals surface area contributed by atoms with E-state index in [1.165, 1.54) is 0 Å². The topological polar surface area (TPSA) is 67.2 Å². The molecule has 2 aromatic rings. The van der Waals surface area contributed by atoms with E-state index in [-0.39, 0.29) is 11.8 Å². The van der Waals surface area contributed by atoms with Gasteiger partial charge in [0.15, 0.2) is 5.65 Å². The summed E-state index contributed by atoms with van der Waals surface area (Å²) >= 11 is 0. The lowest BCUT2D eigenvalue weighted by atomic mass is 10.0. The Labute approximate surface area is 149 Å². The second-order valence-corrected chi connectivity index (χ2v) is 7.56. The number of hydrogen-bond donors (Lipinski definition) is 0. The monoisotopic (exact) mass is 344 g/mol. The number of aromatic nitrogens is 4. The molecular weight excluding hydrogens is 316 g/mol. The predicted molar refractivity (Wildman–Crippen MR) is 97.3 cm³/mol. The van der Waals surface area contributed by atoms with Crippen molar-refractivity contribution in [2.24, 2.45) is 5.92 Å². The Morgan fingerprint density at radius 3 is 2.80 bits per heavy atom. The fourth-order valence-corrected chi connectivity index (χ4v) is 3.34. The van der Waals surface area contributed by atoms with E-state index in [0.29, 0.717) is 12.3 Å². The highest BCUT2D eigenvalue weighted by molar-refractivity contribution is 5.77. The first-order valence-electron chi connectivity index (χ1n) is 9.05. The van der Waals surface area contributed by atoms with Crippen LogP contribution in [0.2, 0.25) is 0 Å². The minimum Gasteiger partial charge on any atom is -0.342 e. The zero-order valence-corrected chi connectivity index (χ0v) is 15.6. The van der Waals surface area contributed by atoms with Crippen LogP contribution in [0.5, 0.6) is 0 Å². The lowest BCUT2D eigenvalue weighted by molar-refractivity contribution is -0.130. The van der Waals surface area contributed by atoms with Crippen molar-refractivity contribution in [1.29, 1.82) is 0 Å². The van der Waals surface area contributed by atoms with Gasteiger partial charge in [0.25, 0.3) is 0 Å². The first kappa shape index (κ1) is 17.8. The van der Waals surface area contributed by atoms with E-state index in [9.17, 15) is 4.79 Å². The SMILES string of the molecule is CC(C)CC(=O)N1CCC(c2nn(CCN(C)C)c3nccnc23)C1. The summed E-state index contributed by atoms with van der Waals surface area (Å²) in [5.41, 5.74) is 2.71. The summed E-state index contributed by atoms with van der Waals surface area (Å²) in [5, 5.41) is 4.83. The van der Waals surface area contributed by atoms with E-state index in [1.54, 1.807) is 12.4 Å². The predicted octanol–water partition coefficient (Wildman–Crippen LogP) is 1.75. The number of likely N-dealkylation sites (N-methyl/N-ethyl adjacent to an activating group) is 1. The van der Waals surface area contributed by atoms with Gasteiger partial charge < -0.3 is 9.80 Å². The van der Waals surface area contributed by atoms with Crippen molar-refractivity contribution in [2.45, 2.75) is 39.2 Å². The molecule has 0 N–H and O–H groups in total. The fourth-order valence-electron chi connectivity index (χ4n) is 3.34. The Balaban J connectivity index is 1.81. The molecule has 1 saturated heterocycles. The largest absolute Gasteiger partial charge is 0.342 e. The summed E-state index contributed by atoms with van der Waals surface area (Å²) < 4.78 is 1.95. The van der Waals surface area contributed by atoms with Crippen molar-refractivity contribution in [1.82, 2.24) is 29.5 Å². The average molecular weight is 344 g/mol. The third kappa shape index (κ3) is 3.98. The molecule has 1 aliphatic rings. The van der Waals surface area contributed by atoms with Gasteiger partial charge in [-0.15, -0.1) is 0 Å². The quantitative estimate of drug-likeness (QED) is 0.799. The van der Waals surface area contributed by atoms with Gasteiger partial charge in [-0.1, -0.05) is 13.8 Å². The van der Waals surface area contributed by atoms with Gasteiger partial charge in [-0.3, -0.25) is 4.79 Å². The third-order valence-corrected chi connectivity index (χ3v) is 4.66. The van der Waals surface area contributed by atoms with E-state index in [4.69, 9.17) is 5.10 Å². The van der Waals surface area contributed by atoms with Crippen LogP contribution in [-0.2, 0) is 11.3 Å². The maximum Gasteiger partial charge on any atom is 0.222 e. The molecule has 0 radical (unpaired) electrons. The third-order valence-electron chi connectivity index (χ3n) is 4.66. The molecule has 0 spiro atoms. The molecule has 2 aromatic heterocycles. The lowest BCUT2D eigenvalue weighted by Crippen LogP contribution is -2.29. The highest BCUT2D eigenvalue weighted by atomic mass is 16.2. The summed E-state index contributed by atoms with van der Waals surface area (Å²) in [7, 11) is 4.10. The van der Waals surface area contributed by atoms with Gasteiger partial charge in [-0.05, 0) is 26.4 Å². The second-order valence-electron chi connectivity index (χ2n) is 7.56. The van der Waals surface area contributed by atoms with Gasteiger partial charge in [0, 0.05) is 44.4 Å². The molecule has 7 heteroatoms. The molecule has 0 saturated carbocycles. The van der Waals surface area contributed by atoms with Crippen molar-refractivity contribution in [3.63, 3.8) is 0 Å². The molecule has 1 amide bonds. The first-order valence-corrected chi connectivity index (χ1v) is 9.05. The smallest absolute Gasteiger partial charge is 0.222 e. The number of fused-ring (bicyclic) bond motifs is 1. The molecule has 0 aromatic carbocycles. The number of carbonyl (C=O) groups excluding carboxylic acids is 1. The average Bonchev–Trinajstić information content (AvgIpc) is 3.17. The van der Waals surface area contributed by atoms with Crippen LogP contribution < -0.4 is 0 Å². The molecule has 25 heavy (non-hydrogen) atoms. The van der Waals surface area contributed by atoms with Crippen LogP contribution >= 0.6 is 0 Å². The summed E-state index contributed by atoms with van der Waals surface area (Å²) in [6, 6.07) is 0. The second kappa shape index (κ2) is 7.47. The molecule has 1 fully saturated rings.